The second-order valence-electron chi connectivity index (χ2n) is 8.37. The van der Waals surface area contributed by atoms with Crippen LogP contribution in [0.1, 0.15) is 26.2 Å². The summed E-state index contributed by atoms with van der Waals surface area (Å²) in [5.41, 5.74) is -0.261. The Morgan fingerprint density at radius 2 is 2.20 bits per heavy atom. The van der Waals surface area contributed by atoms with Gasteiger partial charge in [0.05, 0.1) is 21.8 Å². The van der Waals surface area contributed by atoms with Crippen molar-refractivity contribution in [3.05, 3.63) is 29.0 Å². The molecular weight excluding hydrogens is 433 g/mol. The number of hydrogen-bond donors (Lipinski definition) is 4. The quantitative estimate of drug-likeness (QED) is 0.494. The zero-order chi connectivity index (χ0) is 21.5. The van der Waals surface area contributed by atoms with Gasteiger partial charge in [0, 0.05) is 24.2 Å². The third kappa shape index (κ3) is 4.54. The van der Waals surface area contributed by atoms with Crippen LogP contribution in [0.5, 0.6) is 5.75 Å². The first kappa shape index (κ1) is 21.7. The Labute approximate surface area is 183 Å². The first-order chi connectivity index (χ1) is 14.2. The van der Waals surface area contributed by atoms with Gasteiger partial charge >= 0.3 is 0 Å². The van der Waals surface area contributed by atoms with E-state index < -0.39 is 11.9 Å². The average Bonchev–Trinajstić information content (AvgIpc) is 3.35. The second-order valence-corrected chi connectivity index (χ2v) is 10.1. The molecule has 1 aromatic rings. The number of ether oxygens (including phenoxy) is 1. The predicted octanol–water partition coefficient (Wildman–Crippen LogP) is 1.42. The number of rotatable bonds is 7. The molecule has 3 aliphatic carbocycles. The number of hydrogen-bond acceptors (Lipinski definition) is 6. The summed E-state index contributed by atoms with van der Waals surface area (Å²) in [5, 5.41) is 18.6. The summed E-state index contributed by atoms with van der Waals surface area (Å²) in [7, 11) is 0. The van der Waals surface area contributed by atoms with E-state index in [1.807, 2.05) is 0 Å². The minimum absolute atomic E-state index is 0.00180. The highest BCUT2D eigenvalue weighted by molar-refractivity contribution is 8.01. The van der Waals surface area contributed by atoms with Gasteiger partial charge in [0.15, 0.2) is 6.61 Å². The normalized spacial score (nSPS) is 32.9. The lowest BCUT2D eigenvalue weighted by Gasteiger charge is -2.39. The molecule has 5 rings (SSSR count). The van der Waals surface area contributed by atoms with Gasteiger partial charge in [0.25, 0.3) is 5.91 Å². The molecule has 1 aliphatic heterocycles. The number of amides is 2. The molecule has 4 fully saturated rings. The Morgan fingerprint density at radius 3 is 2.87 bits per heavy atom. The fourth-order valence-corrected chi connectivity index (χ4v) is 5.81. The van der Waals surface area contributed by atoms with Crippen LogP contribution >= 0.6 is 23.4 Å². The van der Waals surface area contributed by atoms with E-state index in [1.54, 1.807) is 6.92 Å². The maximum atomic E-state index is 13.4. The van der Waals surface area contributed by atoms with Gasteiger partial charge in [-0.05, 0) is 44.2 Å². The third-order valence-corrected chi connectivity index (χ3v) is 7.90. The lowest BCUT2D eigenvalue weighted by molar-refractivity contribution is -0.124. The van der Waals surface area contributed by atoms with Crippen LogP contribution in [0.4, 0.5) is 4.39 Å². The summed E-state index contributed by atoms with van der Waals surface area (Å²) in [5.74, 6) is -0.320. The molecule has 0 aromatic heterocycles. The van der Waals surface area contributed by atoms with Gasteiger partial charge in [-0.2, -0.15) is 0 Å². The maximum absolute atomic E-state index is 13.4. The zero-order valence-electron chi connectivity index (χ0n) is 16.5. The van der Waals surface area contributed by atoms with Crippen LogP contribution in [0, 0.1) is 11.7 Å². The summed E-state index contributed by atoms with van der Waals surface area (Å²) in [6, 6.07) is 4.02. The summed E-state index contributed by atoms with van der Waals surface area (Å²) < 4.78 is 18.8. The van der Waals surface area contributed by atoms with E-state index in [0.29, 0.717) is 18.9 Å². The van der Waals surface area contributed by atoms with Crippen LogP contribution in [-0.2, 0) is 9.59 Å². The standard InChI is InChI=1S/C20H25ClFN3O4S/c1-10(26)19-23-8-16(30-19)18(28)25-20-5-11(6-20)15(7-20)24-17(27)9-29-12-2-3-13(21)14(22)4-12/h2-4,10-11,15-16,19,23,26H,5-9H2,1H3,(H,24,27)(H,25,28). The fourth-order valence-electron chi connectivity index (χ4n) is 4.55. The minimum atomic E-state index is -0.598. The Bertz CT molecular complexity index is 836. The Balaban J connectivity index is 1.23. The Kier molecular flexibility index (Phi) is 6.16. The van der Waals surface area contributed by atoms with Crippen molar-refractivity contribution < 1.29 is 23.8 Å². The monoisotopic (exact) mass is 457 g/mol. The van der Waals surface area contributed by atoms with E-state index in [1.165, 1.54) is 23.9 Å². The van der Waals surface area contributed by atoms with Crippen LogP contribution in [0.3, 0.4) is 0 Å². The van der Waals surface area contributed by atoms with Gasteiger partial charge < -0.3 is 25.8 Å². The number of aliphatic hydroxyl groups excluding tert-OH is 1. The number of thioether (sulfide) groups is 1. The van der Waals surface area contributed by atoms with E-state index >= 15 is 0 Å². The second kappa shape index (κ2) is 8.53. The van der Waals surface area contributed by atoms with Crippen molar-refractivity contribution in [3.63, 3.8) is 0 Å². The highest BCUT2D eigenvalue weighted by Gasteiger charge is 2.57. The van der Waals surface area contributed by atoms with Gasteiger partial charge in [-0.15, -0.1) is 11.8 Å². The summed E-state index contributed by atoms with van der Waals surface area (Å²) >= 11 is 7.08. The first-order valence-electron chi connectivity index (χ1n) is 10.0. The molecule has 7 nitrogen and oxygen atoms in total. The molecule has 1 aromatic carbocycles. The van der Waals surface area contributed by atoms with Gasteiger partial charge in [0.2, 0.25) is 5.91 Å². The lowest BCUT2D eigenvalue weighted by atomic mass is 9.76. The minimum Gasteiger partial charge on any atom is -0.484 e. The van der Waals surface area contributed by atoms with Crippen molar-refractivity contribution in [3.8, 4) is 5.75 Å². The van der Waals surface area contributed by atoms with Crippen LogP contribution in [-0.4, -0.2) is 58.4 Å². The molecule has 4 unspecified atom stereocenters. The van der Waals surface area contributed by atoms with Crippen molar-refractivity contribution >= 4 is 35.2 Å². The fraction of sp³-hybridized carbons (Fsp3) is 0.600. The molecule has 1 heterocycles. The van der Waals surface area contributed by atoms with Gasteiger partial charge in [-0.3, -0.25) is 9.59 Å². The smallest absolute Gasteiger partial charge is 0.258 e. The molecule has 0 spiro atoms. The zero-order valence-corrected chi connectivity index (χ0v) is 18.1. The highest BCUT2D eigenvalue weighted by Crippen LogP contribution is 2.52. The molecule has 4 aliphatic rings. The largest absolute Gasteiger partial charge is 0.484 e. The number of carbonyl (C=O) groups is 2. The van der Waals surface area contributed by atoms with Gasteiger partial charge in [0.1, 0.15) is 11.6 Å². The predicted molar refractivity (Wildman–Crippen MR) is 112 cm³/mol. The summed E-state index contributed by atoms with van der Waals surface area (Å²) in [6.45, 7) is 2.03. The molecular formula is C20H25ClFN3O4S. The molecule has 164 valence electrons. The maximum Gasteiger partial charge on any atom is 0.258 e. The number of benzene rings is 1. The van der Waals surface area contributed by atoms with Crippen LogP contribution < -0.4 is 20.7 Å². The van der Waals surface area contributed by atoms with Gasteiger partial charge in [-0.1, -0.05) is 11.6 Å². The first-order valence-corrected chi connectivity index (χ1v) is 11.3. The van der Waals surface area contributed by atoms with E-state index in [2.05, 4.69) is 16.0 Å². The van der Waals surface area contributed by atoms with Crippen molar-refractivity contribution in [2.75, 3.05) is 13.2 Å². The van der Waals surface area contributed by atoms with Gasteiger partial charge in [-0.25, -0.2) is 4.39 Å². The number of carbonyl (C=O) groups excluding carboxylic acids is 2. The summed E-state index contributed by atoms with van der Waals surface area (Å²) in [6.07, 6.45) is 1.86. The third-order valence-electron chi connectivity index (χ3n) is 6.03. The van der Waals surface area contributed by atoms with Crippen molar-refractivity contribution in [2.24, 2.45) is 5.92 Å². The molecule has 10 heteroatoms. The molecule has 2 bridgehead atoms. The number of aliphatic hydroxyl groups is 1. The van der Waals surface area contributed by atoms with E-state index in [9.17, 15) is 19.1 Å². The number of halogens is 2. The molecule has 30 heavy (non-hydrogen) atoms. The van der Waals surface area contributed by atoms with Crippen molar-refractivity contribution in [1.29, 1.82) is 0 Å². The van der Waals surface area contributed by atoms with Crippen molar-refractivity contribution in [2.45, 2.75) is 54.5 Å². The van der Waals surface area contributed by atoms with E-state index in [4.69, 9.17) is 16.3 Å². The Hall–Kier alpha value is -1.55. The van der Waals surface area contributed by atoms with E-state index in [-0.39, 0.29) is 51.4 Å². The SMILES string of the molecule is CC(O)C1NCC(C(=O)NC23CC(C2)C(NC(=O)COc2ccc(Cl)c(F)c2)C3)S1. The highest BCUT2D eigenvalue weighted by atomic mass is 35.5. The van der Waals surface area contributed by atoms with Crippen molar-refractivity contribution in [1.82, 2.24) is 16.0 Å². The number of fused-ring (bicyclic) bond motifs is 1. The van der Waals surface area contributed by atoms with Crippen LogP contribution in [0.25, 0.3) is 0 Å². The number of nitrogens with one attached hydrogen (secondary N) is 3. The molecule has 0 radical (unpaired) electrons. The van der Waals surface area contributed by atoms with E-state index in [0.717, 1.165) is 18.9 Å². The van der Waals surface area contributed by atoms with Crippen LogP contribution in [0.15, 0.2) is 18.2 Å². The van der Waals surface area contributed by atoms with Crippen LogP contribution in [0.2, 0.25) is 5.02 Å². The average molecular weight is 458 g/mol. The molecule has 3 saturated carbocycles. The molecule has 4 N–H and O–H groups in total. The molecule has 4 atom stereocenters. The molecule has 2 amide bonds. The summed E-state index contributed by atoms with van der Waals surface area (Å²) in [4.78, 5) is 24.9. The lowest BCUT2D eigenvalue weighted by Crippen LogP contribution is -2.54. The molecule has 1 saturated heterocycles. The Morgan fingerprint density at radius 1 is 1.43 bits per heavy atom. The topological polar surface area (TPSA) is 99.7 Å².